The average molecular weight is 310 g/mol. The van der Waals surface area contributed by atoms with Gasteiger partial charge in [-0.2, -0.15) is 0 Å². The molecule has 2 rings (SSSR count). The Bertz CT molecular complexity index is 695. The lowest BCUT2D eigenvalue weighted by atomic mass is 10.0. The first-order chi connectivity index (χ1) is 11.1. The minimum Gasteiger partial charge on any atom is -0.386 e. The highest BCUT2D eigenvalue weighted by Crippen LogP contribution is 2.16. The van der Waals surface area contributed by atoms with Crippen LogP contribution in [0, 0.1) is 13.8 Å². The summed E-state index contributed by atoms with van der Waals surface area (Å²) in [6.07, 6.45) is 1.62. The van der Waals surface area contributed by atoms with Crippen LogP contribution in [0.5, 0.6) is 0 Å². The second kappa shape index (κ2) is 8.13. The summed E-state index contributed by atoms with van der Waals surface area (Å²) in [6, 6.07) is 15.8. The summed E-state index contributed by atoms with van der Waals surface area (Å²) < 4.78 is 0. The largest absolute Gasteiger partial charge is 0.386 e. The van der Waals surface area contributed by atoms with Crippen LogP contribution in [-0.2, 0) is 9.63 Å². The first-order valence-electron chi connectivity index (χ1n) is 7.64. The second-order valence-electron chi connectivity index (χ2n) is 5.51. The van der Waals surface area contributed by atoms with Crippen molar-refractivity contribution in [2.45, 2.75) is 26.8 Å². The summed E-state index contributed by atoms with van der Waals surface area (Å²) in [7, 11) is 0. The first-order valence-corrected chi connectivity index (χ1v) is 7.64. The van der Waals surface area contributed by atoms with Gasteiger partial charge in [-0.05, 0) is 43.0 Å². The Labute approximate surface area is 137 Å². The van der Waals surface area contributed by atoms with Crippen molar-refractivity contribution in [1.82, 2.24) is 5.32 Å². The zero-order valence-corrected chi connectivity index (χ0v) is 13.7. The summed E-state index contributed by atoms with van der Waals surface area (Å²) >= 11 is 0. The summed E-state index contributed by atoms with van der Waals surface area (Å²) in [6.45, 7) is 5.88. The quantitative estimate of drug-likeness (QED) is 0.655. The second-order valence-corrected chi connectivity index (χ2v) is 5.51. The molecular weight excluding hydrogens is 288 g/mol. The first kappa shape index (κ1) is 16.7. The van der Waals surface area contributed by atoms with E-state index in [1.165, 1.54) is 0 Å². The molecule has 2 aromatic rings. The molecule has 0 bridgehead atoms. The van der Waals surface area contributed by atoms with Crippen LogP contribution in [0.3, 0.4) is 0 Å². The molecule has 1 N–H and O–H groups in total. The minimum atomic E-state index is -0.192. The van der Waals surface area contributed by atoms with Gasteiger partial charge in [0.2, 0.25) is 0 Å². The van der Waals surface area contributed by atoms with Crippen LogP contribution in [0.4, 0.5) is 0 Å². The number of benzene rings is 2. The Morgan fingerprint density at radius 1 is 1.13 bits per heavy atom. The number of carbonyl (C=O) groups is 1. The molecule has 0 aliphatic rings. The number of hydrogen-bond donors (Lipinski definition) is 1. The van der Waals surface area contributed by atoms with Gasteiger partial charge in [0.15, 0.2) is 6.61 Å². The fraction of sp³-hybridized carbons (Fsp3) is 0.263. The number of hydrogen-bond acceptors (Lipinski definition) is 3. The smallest absolute Gasteiger partial charge is 0.261 e. The summed E-state index contributed by atoms with van der Waals surface area (Å²) in [5.41, 5.74) is 4.33. The van der Waals surface area contributed by atoms with E-state index < -0.39 is 0 Å². The third-order valence-corrected chi connectivity index (χ3v) is 3.68. The van der Waals surface area contributed by atoms with Crippen molar-refractivity contribution in [3.63, 3.8) is 0 Å². The standard InChI is InChI=1S/C19H22N2O2/c1-14-8-4-6-10-17(14)12-20-23-13-19(22)21-16(3)18-11-7-5-9-15(18)2/h4-12,16H,13H2,1-3H3,(H,21,22)/b20-12+. The van der Waals surface area contributed by atoms with E-state index in [0.717, 1.165) is 22.3 Å². The maximum atomic E-state index is 11.9. The van der Waals surface area contributed by atoms with Crippen LogP contribution < -0.4 is 5.32 Å². The van der Waals surface area contributed by atoms with Crippen molar-refractivity contribution in [1.29, 1.82) is 0 Å². The molecular formula is C19H22N2O2. The van der Waals surface area contributed by atoms with Crippen LogP contribution in [0.2, 0.25) is 0 Å². The Kier molecular flexibility index (Phi) is 5.92. The van der Waals surface area contributed by atoms with Gasteiger partial charge in [-0.1, -0.05) is 53.7 Å². The molecule has 1 amide bonds. The molecule has 0 spiro atoms. The van der Waals surface area contributed by atoms with E-state index in [4.69, 9.17) is 4.84 Å². The molecule has 1 unspecified atom stereocenters. The van der Waals surface area contributed by atoms with Crippen molar-refractivity contribution in [3.05, 3.63) is 70.8 Å². The molecule has 1 atom stereocenters. The van der Waals surface area contributed by atoms with E-state index >= 15 is 0 Å². The van der Waals surface area contributed by atoms with Gasteiger partial charge in [0.25, 0.3) is 5.91 Å². The monoisotopic (exact) mass is 310 g/mol. The molecule has 0 aromatic heterocycles. The van der Waals surface area contributed by atoms with E-state index in [-0.39, 0.29) is 18.6 Å². The number of rotatable bonds is 6. The highest BCUT2D eigenvalue weighted by atomic mass is 16.6. The topological polar surface area (TPSA) is 50.7 Å². The van der Waals surface area contributed by atoms with Crippen LogP contribution in [0.15, 0.2) is 53.7 Å². The maximum Gasteiger partial charge on any atom is 0.261 e. The van der Waals surface area contributed by atoms with Gasteiger partial charge in [-0.3, -0.25) is 4.79 Å². The number of nitrogens with zero attached hydrogens (tertiary/aromatic N) is 1. The van der Waals surface area contributed by atoms with Crippen molar-refractivity contribution >= 4 is 12.1 Å². The van der Waals surface area contributed by atoms with Gasteiger partial charge >= 0.3 is 0 Å². The number of nitrogens with one attached hydrogen (secondary N) is 1. The van der Waals surface area contributed by atoms with Gasteiger partial charge < -0.3 is 10.2 Å². The predicted molar refractivity (Wildman–Crippen MR) is 92.5 cm³/mol. The van der Waals surface area contributed by atoms with Gasteiger partial charge in [-0.15, -0.1) is 0 Å². The third kappa shape index (κ3) is 4.95. The minimum absolute atomic E-state index is 0.0624. The summed E-state index contributed by atoms with van der Waals surface area (Å²) in [4.78, 5) is 17.0. The van der Waals surface area contributed by atoms with Crippen molar-refractivity contribution < 1.29 is 9.63 Å². The molecule has 120 valence electrons. The lowest BCUT2D eigenvalue weighted by Crippen LogP contribution is -2.30. The Morgan fingerprint density at radius 2 is 1.78 bits per heavy atom. The van der Waals surface area contributed by atoms with E-state index in [0.29, 0.717) is 0 Å². The third-order valence-electron chi connectivity index (χ3n) is 3.68. The molecule has 2 aromatic carbocycles. The Hall–Kier alpha value is -2.62. The highest BCUT2D eigenvalue weighted by molar-refractivity contribution is 5.81. The molecule has 23 heavy (non-hydrogen) atoms. The molecule has 0 saturated heterocycles. The van der Waals surface area contributed by atoms with E-state index in [1.807, 2.05) is 69.3 Å². The Balaban J connectivity index is 1.81. The lowest BCUT2D eigenvalue weighted by molar-refractivity contribution is -0.126. The van der Waals surface area contributed by atoms with E-state index in [9.17, 15) is 4.79 Å². The SMILES string of the molecule is Cc1ccccc1/C=N/OCC(=O)NC(C)c1ccccc1C. The summed E-state index contributed by atoms with van der Waals surface area (Å²) in [5.74, 6) is -0.192. The molecule has 0 fully saturated rings. The van der Waals surface area contributed by atoms with E-state index in [1.54, 1.807) is 6.21 Å². The molecule has 0 heterocycles. The molecule has 4 nitrogen and oxygen atoms in total. The molecule has 4 heteroatoms. The molecule has 0 aliphatic carbocycles. The van der Waals surface area contributed by atoms with Crippen LogP contribution in [-0.4, -0.2) is 18.7 Å². The van der Waals surface area contributed by atoms with Crippen molar-refractivity contribution in [2.24, 2.45) is 5.16 Å². The number of oxime groups is 1. The van der Waals surface area contributed by atoms with Gasteiger partial charge in [0, 0.05) is 0 Å². The van der Waals surface area contributed by atoms with E-state index in [2.05, 4.69) is 10.5 Å². The lowest BCUT2D eigenvalue weighted by Gasteiger charge is -2.16. The van der Waals surface area contributed by atoms with Crippen molar-refractivity contribution in [3.8, 4) is 0 Å². The molecule has 0 radical (unpaired) electrons. The highest BCUT2D eigenvalue weighted by Gasteiger charge is 2.11. The Morgan fingerprint density at radius 3 is 2.48 bits per heavy atom. The van der Waals surface area contributed by atoms with Gasteiger partial charge in [-0.25, -0.2) is 0 Å². The number of amides is 1. The molecule has 0 saturated carbocycles. The zero-order valence-electron chi connectivity index (χ0n) is 13.7. The van der Waals surface area contributed by atoms with Gasteiger partial charge in [0.1, 0.15) is 0 Å². The predicted octanol–water partition coefficient (Wildman–Crippen LogP) is 3.53. The maximum absolute atomic E-state index is 11.9. The fourth-order valence-electron chi connectivity index (χ4n) is 2.36. The van der Waals surface area contributed by atoms with Gasteiger partial charge in [0.05, 0.1) is 12.3 Å². The average Bonchev–Trinajstić information content (AvgIpc) is 2.53. The normalized spacial score (nSPS) is 12.1. The van der Waals surface area contributed by atoms with Crippen LogP contribution in [0.1, 0.15) is 35.2 Å². The number of aryl methyl sites for hydroxylation is 2. The van der Waals surface area contributed by atoms with Crippen molar-refractivity contribution in [2.75, 3.05) is 6.61 Å². The summed E-state index contributed by atoms with van der Waals surface area (Å²) in [5, 5.41) is 6.76. The fourth-order valence-corrected chi connectivity index (χ4v) is 2.36. The van der Waals surface area contributed by atoms with Crippen LogP contribution in [0.25, 0.3) is 0 Å². The zero-order chi connectivity index (χ0) is 16.7. The number of carbonyl (C=O) groups excluding carboxylic acids is 1. The van der Waals surface area contributed by atoms with Crippen LogP contribution >= 0.6 is 0 Å². The molecule has 0 aliphatic heterocycles.